The fourth-order valence-electron chi connectivity index (χ4n) is 3.75. The molecule has 4 aromatic rings. The van der Waals surface area contributed by atoms with Crippen LogP contribution in [0.2, 0.25) is 0 Å². The molecular formula is C23H23N5O3. The smallest absolute Gasteiger partial charge is 0.258 e. The van der Waals surface area contributed by atoms with Gasteiger partial charge < -0.3 is 18.9 Å². The van der Waals surface area contributed by atoms with Crippen LogP contribution in [0, 0.1) is 11.3 Å². The topological polar surface area (TPSA) is 95.7 Å². The summed E-state index contributed by atoms with van der Waals surface area (Å²) >= 11 is 0. The van der Waals surface area contributed by atoms with E-state index in [9.17, 15) is 10.1 Å². The Balaban J connectivity index is 1.66. The minimum atomic E-state index is -0.232. The molecule has 0 saturated carbocycles. The molecule has 0 radical (unpaired) electrons. The van der Waals surface area contributed by atoms with Crippen LogP contribution < -0.4 is 15.0 Å². The number of rotatable bonds is 7. The van der Waals surface area contributed by atoms with E-state index >= 15 is 0 Å². The fraction of sp³-hybridized carbons (Fsp3) is 0.261. The number of methoxy groups -OCH3 is 2. The summed E-state index contributed by atoms with van der Waals surface area (Å²) in [5.74, 6) is 1.55. The van der Waals surface area contributed by atoms with Gasteiger partial charge in [0.1, 0.15) is 11.9 Å². The van der Waals surface area contributed by atoms with E-state index < -0.39 is 0 Å². The average molecular weight is 417 g/mol. The summed E-state index contributed by atoms with van der Waals surface area (Å²) in [6.45, 7) is 3.77. The molecule has 158 valence electrons. The number of hydrogen-bond acceptors (Lipinski definition) is 6. The van der Waals surface area contributed by atoms with Crippen LogP contribution >= 0.6 is 0 Å². The Morgan fingerprint density at radius 1 is 1.19 bits per heavy atom. The van der Waals surface area contributed by atoms with Crippen molar-refractivity contribution in [3.8, 4) is 17.6 Å². The molecule has 0 atom stereocenters. The maximum absolute atomic E-state index is 12.7. The molecule has 4 rings (SSSR count). The molecule has 0 unspecified atom stereocenters. The molecule has 1 aromatic carbocycles. The second-order valence-corrected chi connectivity index (χ2v) is 7.17. The van der Waals surface area contributed by atoms with E-state index in [2.05, 4.69) is 20.9 Å². The van der Waals surface area contributed by atoms with E-state index in [-0.39, 0.29) is 5.56 Å². The molecule has 0 aliphatic rings. The molecule has 0 aliphatic carbocycles. The highest BCUT2D eigenvalue weighted by Gasteiger charge is 2.16. The lowest BCUT2D eigenvalue weighted by Crippen LogP contribution is -2.25. The highest BCUT2D eigenvalue weighted by atomic mass is 16.5. The zero-order valence-electron chi connectivity index (χ0n) is 17.7. The first kappa shape index (κ1) is 20.4. The van der Waals surface area contributed by atoms with Crippen molar-refractivity contribution >= 4 is 16.4 Å². The number of nitrogens with zero attached hydrogens (tertiary/aromatic N) is 4. The number of fused-ring (bicyclic) bond motifs is 2. The van der Waals surface area contributed by atoms with Gasteiger partial charge in [-0.25, -0.2) is 4.98 Å². The van der Waals surface area contributed by atoms with Gasteiger partial charge in [-0.3, -0.25) is 9.69 Å². The Morgan fingerprint density at radius 2 is 1.97 bits per heavy atom. The number of nitrogens with one attached hydrogen (secondary N) is 1. The molecule has 8 nitrogen and oxygen atoms in total. The number of nitriles is 1. The predicted octanol–water partition coefficient (Wildman–Crippen LogP) is 3.09. The SMILES string of the molecule is CCN(Cc1nc2cc(OC)c(OC)cc2c(=O)[nH]1)Cc1cn2ccccc2c1C#N. The minimum Gasteiger partial charge on any atom is -0.493 e. The summed E-state index contributed by atoms with van der Waals surface area (Å²) in [5, 5.41) is 10.1. The average Bonchev–Trinajstić information content (AvgIpc) is 3.14. The number of benzene rings is 1. The minimum absolute atomic E-state index is 0.232. The van der Waals surface area contributed by atoms with Crippen molar-refractivity contribution in [1.82, 2.24) is 19.3 Å². The lowest BCUT2D eigenvalue weighted by atomic mass is 10.1. The predicted molar refractivity (Wildman–Crippen MR) is 117 cm³/mol. The van der Waals surface area contributed by atoms with Gasteiger partial charge in [-0.15, -0.1) is 0 Å². The van der Waals surface area contributed by atoms with Crippen molar-refractivity contribution < 1.29 is 9.47 Å². The molecule has 0 saturated heterocycles. The van der Waals surface area contributed by atoms with E-state index in [0.717, 1.165) is 17.6 Å². The van der Waals surface area contributed by atoms with E-state index in [0.29, 0.717) is 46.9 Å². The van der Waals surface area contributed by atoms with Crippen molar-refractivity contribution in [1.29, 1.82) is 5.26 Å². The summed E-state index contributed by atoms with van der Waals surface area (Å²) in [7, 11) is 3.07. The van der Waals surface area contributed by atoms with Crippen LogP contribution in [0.15, 0.2) is 47.5 Å². The van der Waals surface area contributed by atoms with E-state index in [1.807, 2.05) is 41.9 Å². The standard InChI is InChI=1S/C23H23N5O3/c1-4-27(12-15-13-28-8-6-5-7-19(28)17(15)11-24)14-22-25-18-10-21(31-3)20(30-2)9-16(18)23(29)26-22/h5-10,13H,4,12,14H2,1-3H3,(H,25,26,29). The Labute approximate surface area is 179 Å². The van der Waals surface area contributed by atoms with Crippen molar-refractivity contribution in [3.05, 3.63) is 70.0 Å². The quantitative estimate of drug-likeness (QED) is 0.496. The third-order valence-electron chi connectivity index (χ3n) is 5.35. The van der Waals surface area contributed by atoms with Crippen LogP contribution in [-0.4, -0.2) is 40.0 Å². The van der Waals surface area contributed by atoms with Crippen LogP contribution in [-0.2, 0) is 13.1 Å². The second kappa shape index (κ2) is 8.50. The van der Waals surface area contributed by atoms with Gasteiger partial charge in [0, 0.05) is 30.6 Å². The molecule has 0 bridgehead atoms. The van der Waals surface area contributed by atoms with Crippen molar-refractivity contribution in [2.45, 2.75) is 20.0 Å². The molecule has 31 heavy (non-hydrogen) atoms. The van der Waals surface area contributed by atoms with Gasteiger partial charge in [0.05, 0.1) is 42.7 Å². The molecule has 0 aliphatic heterocycles. The normalized spacial score (nSPS) is 11.2. The van der Waals surface area contributed by atoms with Gasteiger partial charge in [0.15, 0.2) is 11.5 Å². The van der Waals surface area contributed by atoms with Crippen LogP contribution in [0.4, 0.5) is 0 Å². The first-order valence-corrected chi connectivity index (χ1v) is 9.93. The Bertz CT molecular complexity index is 1350. The largest absolute Gasteiger partial charge is 0.493 e. The highest BCUT2D eigenvalue weighted by molar-refractivity contribution is 5.81. The number of pyridine rings is 1. The summed E-state index contributed by atoms with van der Waals surface area (Å²) in [4.78, 5) is 22.3. The van der Waals surface area contributed by atoms with Gasteiger partial charge in [0.2, 0.25) is 0 Å². The number of H-pyrrole nitrogens is 1. The molecule has 0 spiro atoms. The maximum atomic E-state index is 12.7. The van der Waals surface area contributed by atoms with Crippen molar-refractivity contribution in [3.63, 3.8) is 0 Å². The van der Waals surface area contributed by atoms with Gasteiger partial charge in [-0.1, -0.05) is 13.0 Å². The molecule has 0 fully saturated rings. The van der Waals surface area contributed by atoms with Gasteiger partial charge in [-0.05, 0) is 24.7 Å². The van der Waals surface area contributed by atoms with Gasteiger partial charge >= 0.3 is 0 Å². The Hall–Kier alpha value is -3.83. The third-order valence-corrected chi connectivity index (χ3v) is 5.35. The number of ether oxygens (including phenoxy) is 2. The monoisotopic (exact) mass is 417 g/mol. The first-order chi connectivity index (χ1) is 15.1. The van der Waals surface area contributed by atoms with E-state index in [4.69, 9.17) is 9.47 Å². The number of aromatic nitrogens is 3. The Morgan fingerprint density at radius 3 is 2.68 bits per heavy atom. The highest BCUT2D eigenvalue weighted by Crippen LogP contribution is 2.30. The van der Waals surface area contributed by atoms with Crippen LogP contribution in [0.5, 0.6) is 11.5 Å². The number of aromatic amines is 1. The van der Waals surface area contributed by atoms with E-state index in [1.54, 1.807) is 19.2 Å². The Kier molecular flexibility index (Phi) is 5.60. The summed E-state index contributed by atoms with van der Waals surface area (Å²) in [6, 6.07) is 11.4. The zero-order valence-corrected chi connectivity index (χ0v) is 17.7. The van der Waals surface area contributed by atoms with Gasteiger partial charge in [-0.2, -0.15) is 5.26 Å². The molecular weight excluding hydrogens is 394 g/mol. The first-order valence-electron chi connectivity index (χ1n) is 9.93. The van der Waals surface area contributed by atoms with Crippen LogP contribution in [0.25, 0.3) is 16.4 Å². The zero-order chi connectivity index (χ0) is 22.0. The lowest BCUT2D eigenvalue weighted by Gasteiger charge is -2.19. The summed E-state index contributed by atoms with van der Waals surface area (Å²) in [5.41, 5.74) is 2.79. The van der Waals surface area contributed by atoms with Crippen LogP contribution in [0.1, 0.15) is 23.9 Å². The molecule has 1 N–H and O–H groups in total. The fourth-order valence-corrected chi connectivity index (χ4v) is 3.75. The summed E-state index contributed by atoms with van der Waals surface area (Å²) < 4.78 is 12.6. The van der Waals surface area contributed by atoms with Crippen molar-refractivity contribution in [2.24, 2.45) is 0 Å². The molecule has 3 heterocycles. The molecule has 8 heteroatoms. The van der Waals surface area contributed by atoms with E-state index in [1.165, 1.54) is 7.11 Å². The summed E-state index contributed by atoms with van der Waals surface area (Å²) in [6.07, 6.45) is 3.91. The third kappa shape index (κ3) is 3.83. The molecule has 0 amide bonds. The second-order valence-electron chi connectivity index (χ2n) is 7.17. The van der Waals surface area contributed by atoms with Crippen molar-refractivity contribution in [2.75, 3.05) is 20.8 Å². The van der Waals surface area contributed by atoms with Crippen LogP contribution in [0.3, 0.4) is 0 Å². The lowest BCUT2D eigenvalue weighted by molar-refractivity contribution is 0.264. The maximum Gasteiger partial charge on any atom is 0.258 e. The molecule has 3 aromatic heterocycles. The number of hydrogen-bond donors (Lipinski definition) is 1. The van der Waals surface area contributed by atoms with Gasteiger partial charge in [0.25, 0.3) is 5.56 Å².